The molecule has 2 heterocycles. The third-order valence-electron chi connectivity index (χ3n) is 4.44. The van der Waals surface area contributed by atoms with Crippen LogP contribution in [0.15, 0.2) is 23.2 Å². The van der Waals surface area contributed by atoms with E-state index in [0.717, 1.165) is 16.7 Å². The van der Waals surface area contributed by atoms with Crippen LogP contribution in [0.2, 0.25) is 0 Å². The Bertz CT molecular complexity index is 940. The number of sulfone groups is 1. The van der Waals surface area contributed by atoms with Gasteiger partial charge in [-0.25, -0.2) is 8.42 Å². The third kappa shape index (κ3) is 4.55. The number of amidine groups is 1. The summed E-state index contributed by atoms with van der Waals surface area (Å²) in [7, 11) is -3.53. The van der Waals surface area contributed by atoms with E-state index in [1.807, 2.05) is 0 Å². The molecule has 0 radical (unpaired) electrons. The number of carbonyl (C=O) groups excluding carboxylic acids is 1. The van der Waals surface area contributed by atoms with Crippen molar-refractivity contribution in [3.05, 3.63) is 29.3 Å². The van der Waals surface area contributed by atoms with Crippen LogP contribution in [0.4, 0.5) is 32.0 Å². The van der Waals surface area contributed by atoms with E-state index in [9.17, 15) is 39.6 Å². The summed E-state index contributed by atoms with van der Waals surface area (Å²) in [6.07, 6.45) is -10.1. The number of hydrogen-bond donors (Lipinski definition) is 0. The normalized spacial score (nSPS) is 25.5. The molecule has 0 N–H and O–H groups in total. The zero-order valence-corrected chi connectivity index (χ0v) is 16.3. The molecule has 2 aliphatic heterocycles. The van der Waals surface area contributed by atoms with Crippen molar-refractivity contribution in [3.63, 3.8) is 0 Å². The van der Waals surface area contributed by atoms with Crippen LogP contribution in [0.5, 0.6) is 0 Å². The average molecular weight is 460 g/mol. The second-order valence-electron chi connectivity index (χ2n) is 6.58. The van der Waals surface area contributed by atoms with Gasteiger partial charge in [0.15, 0.2) is 15.0 Å². The topological polar surface area (TPSA) is 66.8 Å². The van der Waals surface area contributed by atoms with Gasteiger partial charge in [0.05, 0.1) is 28.7 Å². The molecule has 0 bridgehead atoms. The number of alkyl halides is 6. The monoisotopic (exact) mass is 460 g/mol. The highest BCUT2D eigenvalue weighted by molar-refractivity contribution is 8.16. The standard InChI is InChI=1S/C16H14F6N2O3S2/c1-2-13(25)23-14-24(11-6-29(26,27)7-12(11)28-14)10-4-8(15(17,18)19)3-9(5-10)16(20,21)22/h3-5,11-12H,2,6-7H2,1H3/t11-,12+/m0/s1. The van der Waals surface area contributed by atoms with Gasteiger partial charge in [0.25, 0.3) is 0 Å². The van der Waals surface area contributed by atoms with Crippen LogP contribution in [-0.2, 0) is 27.0 Å². The molecule has 13 heteroatoms. The fourth-order valence-electron chi connectivity index (χ4n) is 3.13. The summed E-state index contributed by atoms with van der Waals surface area (Å²) >= 11 is 0.870. The number of anilines is 1. The van der Waals surface area contributed by atoms with Crippen molar-refractivity contribution in [1.82, 2.24) is 0 Å². The van der Waals surface area contributed by atoms with Gasteiger partial charge in [-0.1, -0.05) is 18.7 Å². The van der Waals surface area contributed by atoms with Crippen LogP contribution in [0.3, 0.4) is 0 Å². The number of carbonyl (C=O) groups is 1. The van der Waals surface area contributed by atoms with E-state index >= 15 is 0 Å². The second kappa shape index (κ2) is 7.18. The van der Waals surface area contributed by atoms with E-state index < -0.39 is 62.0 Å². The molecule has 29 heavy (non-hydrogen) atoms. The molecule has 0 saturated carbocycles. The number of rotatable bonds is 2. The quantitative estimate of drug-likeness (QED) is 0.630. The predicted octanol–water partition coefficient (Wildman–Crippen LogP) is 3.74. The average Bonchev–Trinajstić information content (AvgIpc) is 3.03. The Morgan fingerprint density at radius 2 is 1.66 bits per heavy atom. The van der Waals surface area contributed by atoms with E-state index in [1.54, 1.807) is 0 Å². The minimum atomic E-state index is -5.05. The molecule has 5 nitrogen and oxygen atoms in total. The molecule has 1 amide bonds. The van der Waals surface area contributed by atoms with Crippen molar-refractivity contribution < 1.29 is 39.6 Å². The van der Waals surface area contributed by atoms with Crippen LogP contribution < -0.4 is 4.90 Å². The summed E-state index contributed by atoms with van der Waals surface area (Å²) in [5.41, 5.74) is -3.57. The number of aliphatic imine (C=N–C) groups is 1. The highest BCUT2D eigenvalue weighted by Gasteiger charge is 2.50. The minimum Gasteiger partial charge on any atom is -0.316 e. The molecule has 2 atom stereocenters. The highest BCUT2D eigenvalue weighted by Crippen LogP contribution is 2.44. The third-order valence-corrected chi connectivity index (χ3v) is 7.65. The molecule has 0 aromatic heterocycles. The molecule has 0 unspecified atom stereocenters. The van der Waals surface area contributed by atoms with Gasteiger partial charge >= 0.3 is 12.4 Å². The first-order valence-electron chi connectivity index (χ1n) is 8.28. The zero-order chi connectivity index (χ0) is 21.8. The Balaban J connectivity index is 2.18. The van der Waals surface area contributed by atoms with Crippen LogP contribution in [-0.4, -0.2) is 42.3 Å². The van der Waals surface area contributed by atoms with Gasteiger partial charge in [0.1, 0.15) is 0 Å². The molecular weight excluding hydrogens is 446 g/mol. The van der Waals surface area contributed by atoms with E-state index in [0.29, 0.717) is 12.1 Å². The van der Waals surface area contributed by atoms with Gasteiger partial charge in [-0.3, -0.25) is 4.79 Å². The van der Waals surface area contributed by atoms with E-state index in [4.69, 9.17) is 0 Å². The number of halogens is 6. The maximum absolute atomic E-state index is 13.2. The summed E-state index contributed by atoms with van der Waals surface area (Å²) in [5, 5.41) is -0.749. The number of amides is 1. The van der Waals surface area contributed by atoms with Crippen LogP contribution in [0, 0.1) is 0 Å². The Kier molecular flexibility index (Phi) is 5.43. The largest absolute Gasteiger partial charge is 0.416 e. The Morgan fingerprint density at radius 3 is 2.14 bits per heavy atom. The number of benzene rings is 1. The first-order chi connectivity index (χ1) is 13.2. The lowest BCUT2D eigenvalue weighted by Crippen LogP contribution is -2.38. The molecule has 2 fully saturated rings. The fraction of sp³-hybridized carbons (Fsp3) is 0.500. The molecule has 0 spiro atoms. The lowest BCUT2D eigenvalue weighted by atomic mass is 10.1. The van der Waals surface area contributed by atoms with Crippen molar-refractivity contribution in [2.45, 2.75) is 37.0 Å². The van der Waals surface area contributed by atoms with Crippen LogP contribution in [0.1, 0.15) is 24.5 Å². The van der Waals surface area contributed by atoms with E-state index in [1.165, 1.54) is 6.92 Å². The number of nitrogens with zero attached hydrogens (tertiary/aromatic N) is 2. The van der Waals surface area contributed by atoms with Crippen LogP contribution >= 0.6 is 11.8 Å². The summed E-state index contributed by atoms with van der Waals surface area (Å²) in [5.74, 6) is -1.38. The summed E-state index contributed by atoms with van der Waals surface area (Å²) < 4.78 is 103. The van der Waals surface area contributed by atoms with Gasteiger partial charge < -0.3 is 4.90 Å². The van der Waals surface area contributed by atoms with Gasteiger partial charge in [0, 0.05) is 17.4 Å². The molecular formula is C16H14F6N2O3S2. The fourth-order valence-corrected chi connectivity index (χ4v) is 7.06. The molecule has 3 rings (SSSR count). The summed E-state index contributed by atoms with van der Waals surface area (Å²) in [6, 6.07) is 0.0891. The van der Waals surface area contributed by atoms with Crippen molar-refractivity contribution in [3.8, 4) is 0 Å². The smallest absolute Gasteiger partial charge is 0.316 e. The van der Waals surface area contributed by atoms with Gasteiger partial charge in [-0.2, -0.15) is 31.3 Å². The summed E-state index contributed by atoms with van der Waals surface area (Å²) in [6.45, 7) is 1.49. The number of thioether (sulfide) groups is 1. The lowest BCUT2D eigenvalue weighted by molar-refractivity contribution is -0.143. The lowest BCUT2D eigenvalue weighted by Gasteiger charge is -2.26. The molecule has 1 aromatic rings. The van der Waals surface area contributed by atoms with Crippen molar-refractivity contribution in [2.75, 3.05) is 16.4 Å². The Morgan fingerprint density at radius 1 is 1.10 bits per heavy atom. The van der Waals surface area contributed by atoms with E-state index in [2.05, 4.69) is 4.99 Å². The molecule has 1 aromatic carbocycles. The first kappa shape index (κ1) is 21.9. The van der Waals surface area contributed by atoms with Crippen molar-refractivity contribution in [1.29, 1.82) is 0 Å². The first-order valence-corrected chi connectivity index (χ1v) is 11.0. The van der Waals surface area contributed by atoms with E-state index in [-0.39, 0.29) is 23.4 Å². The summed E-state index contributed by atoms with van der Waals surface area (Å²) in [4.78, 5) is 16.5. The van der Waals surface area contributed by atoms with Crippen LogP contribution in [0.25, 0.3) is 0 Å². The molecule has 2 aliphatic rings. The Labute approximate surface area is 166 Å². The zero-order valence-electron chi connectivity index (χ0n) is 14.7. The molecule has 2 saturated heterocycles. The SMILES string of the molecule is CCC(=O)N=C1S[C@@H]2CS(=O)(=O)C[C@@H]2N1c1cc(C(F)(F)F)cc(C(F)(F)F)c1. The van der Waals surface area contributed by atoms with Crippen molar-refractivity contribution >= 4 is 38.4 Å². The number of fused-ring (bicyclic) bond motifs is 1. The predicted molar refractivity (Wildman–Crippen MR) is 95.5 cm³/mol. The molecule has 0 aliphatic carbocycles. The van der Waals surface area contributed by atoms with Gasteiger partial charge in [-0.05, 0) is 18.2 Å². The molecule has 160 valence electrons. The second-order valence-corrected chi connectivity index (χ2v) is 9.94. The Hall–Kier alpha value is -1.76. The van der Waals surface area contributed by atoms with Gasteiger partial charge in [0.2, 0.25) is 5.91 Å². The maximum Gasteiger partial charge on any atom is 0.416 e. The van der Waals surface area contributed by atoms with Gasteiger partial charge in [-0.15, -0.1) is 0 Å². The maximum atomic E-state index is 13.2. The highest BCUT2D eigenvalue weighted by atomic mass is 32.2. The minimum absolute atomic E-state index is 0.0103. The van der Waals surface area contributed by atoms with Crippen molar-refractivity contribution in [2.24, 2.45) is 4.99 Å². The number of hydrogen-bond acceptors (Lipinski definition) is 4.